The first-order valence-electron chi connectivity index (χ1n) is 12.6. The van der Waals surface area contributed by atoms with Gasteiger partial charge in [-0.15, -0.1) is 0 Å². The van der Waals surface area contributed by atoms with Gasteiger partial charge in [0.15, 0.2) is 6.10 Å². The van der Waals surface area contributed by atoms with Gasteiger partial charge < -0.3 is 24.8 Å². The third kappa shape index (κ3) is 3.63. The van der Waals surface area contributed by atoms with E-state index in [9.17, 15) is 29.7 Å². The zero-order valence-corrected chi connectivity index (χ0v) is 22.3. The van der Waals surface area contributed by atoms with Gasteiger partial charge in [-0.25, -0.2) is 4.79 Å². The molecule has 3 aliphatic carbocycles. The van der Waals surface area contributed by atoms with Gasteiger partial charge in [0.2, 0.25) is 5.78 Å². The van der Waals surface area contributed by atoms with E-state index in [4.69, 9.17) is 9.47 Å². The van der Waals surface area contributed by atoms with Crippen LogP contribution in [0, 0.1) is 29.6 Å². The van der Waals surface area contributed by atoms with Crippen LogP contribution < -0.4 is 0 Å². The number of Topliss-reactive ketones (excluding diaryl/α,β-unsaturated/α-hetero) is 1. The second kappa shape index (κ2) is 8.72. The van der Waals surface area contributed by atoms with Gasteiger partial charge in [0.1, 0.15) is 22.7 Å². The predicted molar refractivity (Wildman–Crippen MR) is 135 cm³/mol. The fourth-order valence-electron chi connectivity index (χ4n) is 7.23. The standard InChI is InChI=1S/C29H36O8/c1-14(2)8-9-18-20(30)10-15(3)21(23(18)32)25(33)37-24-22(31)16(4)28(6)19-13-27(5,26(34)35)11-17(19)12-29(24,28)36-7/h8,10,17,19,24,30,32H,4,9,11-13H2,1-3,5-7H3,(H,34,35)/t17-,19-,24+,27+,28+,29-/m1/s1. The van der Waals surface area contributed by atoms with Gasteiger partial charge in [-0.05, 0) is 76.8 Å². The number of hydrogen-bond acceptors (Lipinski definition) is 7. The Bertz CT molecular complexity index is 1240. The van der Waals surface area contributed by atoms with Gasteiger partial charge >= 0.3 is 11.9 Å². The number of aryl methyl sites for hydroxylation is 1. The minimum absolute atomic E-state index is 0.0448. The van der Waals surface area contributed by atoms with E-state index in [1.165, 1.54) is 13.2 Å². The maximum absolute atomic E-state index is 13.5. The van der Waals surface area contributed by atoms with E-state index in [1.807, 2.05) is 26.8 Å². The average Bonchev–Trinajstić information content (AvgIpc) is 3.31. The van der Waals surface area contributed by atoms with Crippen LogP contribution in [0.2, 0.25) is 0 Å². The summed E-state index contributed by atoms with van der Waals surface area (Å²) >= 11 is 0. The summed E-state index contributed by atoms with van der Waals surface area (Å²) in [5.41, 5.74) is -1.40. The molecule has 8 heteroatoms. The average molecular weight is 513 g/mol. The van der Waals surface area contributed by atoms with E-state index in [-0.39, 0.29) is 46.5 Å². The first-order valence-corrected chi connectivity index (χ1v) is 12.6. The number of aliphatic carboxylic acids is 1. The molecule has 37 heavy (non-hydrogen) atoms. The highest BCUT2D eigenvalue weighted by Crippen LogP contribution is 2.71. The Balaban J connectivity index is 1.72. The second-order valence-corrected chi connectivity index (χ2v) is 11.7. The third-order valence-corrected chi connectivity index (χ3v) is 9.33. The summed E-state index contributed by atoms with van der Waals surface area (Å²) in [6.45, 7) is 13.0. The summed E-state index contributed by atoms with van der Waals surface area (Å²) in [6.07, 6.45) is 1.89. The molecule has 0 amide bonds. The molecular formula is C29H36O8. The lowest BCUT2D eigenvalue weighted by Gasteiger charge is -2.42. The van der Waals surface area contributed by atoms with Crippen molar-refractivity contribution in [1.82, 2.24) is 0 Å². The number of phenols is 2. The normalized spacial score (nSPS) is 34.3. The Morgan fingerprint density at radius 1 is 1.19 bits per heavy atom. The largest absolute Gasteiger partial charge is 0.508 e. The number of phenolic OH excluding ortho intramolecular Hbond substituents is 2. The summed E-state index contributed by atoms with van der Waals surface area (Å²) in [6, 6.07) is 1.39. The number of carboxylic acids is 1. The number of ketones is 1. The van der Waals surface area contributed by atoms with Crippen molar-refractivity contribution in [1.29, 1.82) is 0 Å². The number of carboxylic acid groups (broad SMARTS) is 1. The molecular weight excluding hydrogens is 476 g/mol. The molecule has 3 N–H and O–H groups in total. The molecule has 0 saturated heterocycles. The Labute approximate surface area is 217 Å². The van der Waals surface area contributed by atoms with Crippen molar-refractivity contribution in [2.45, 2.75) is 72.0 Å². The minimum Gasteiger partial charge on any atom is -0.508 e. The van der Waals surface area contributed by atoms with Gasteiger partial charge in [-0.2, -0.15) is 0 Å². The lowest BCUT2D eigenvalue weighted by molar-refractivity contribution is -0.155. The molecule has 0 radical (unpaired) electrons. The van der Waals surface area contributed by atoms with Crippen LogP contribution in [0.25, 0.3) is 0 Å². The third-order valence-electron chi connectivity index (χ3n) is 9.33. The summed E-state index contributed by atoms with van der Waals surface area (Å²) in [5.74, 6) is -2.97. The number of esters is 1. The number of methoxy groups -OCH3 is 1. The fraction of sp³-hybridized carbons (Fsp3) is 0.552. The topological polar surface area (TPSA) is 130 Å². The van der Waals surface area contributed by atoms with Crippen molar-refractivity contribution in [3.05, 3.63) is 46.6 Å². The molecule has 0 spiro atoms. The smallest absolute Gasteiger partial charge is 0.343 e. The lowest BCUT2D eigenvalue weighted by atomic mass is 9.68. The number of aromatic hydroxyl groups is 2. The van der Waals surface area contributed by atoms with E-state index >= 15 is 0 Å². The first-order chi connectivity index (χ1) is 17.1. The van der Waals surface area contributed by atoms with Crippen LogP contribution >= 0.6 is 0 Å². The van der Waals surface area contributed by atoms with Crippen molar-refractivity contribution in [3.63, 3.8) is 0 Å². The molecule has 3 fully saturated rings. The highest BCUT2D eigenvalue weighted by atomic mass is 16.6. The van der Waals surface area contributed by atoms with Crippen LogP contribution in [0.4, 0.5) is 0 Å². The Morgan fingerprint density at radius 2 is 1.84 bits per heavy atom. The zero-order chi connectivity index (χ0) is 27.7. The van der Waals surface area contributed by atoms with Gasteiger partial charge in [0.25, 0.3) is 0 Å². The molecule has 0 bridgehead atoms. The summed E-state index contributed by atoms with van der Waals surface area (Å²) in [7, 11) is 1.48. The van der Waals surface area contributed by atoms with Crippen LogP contribution in [-0.4, -0.2) is 51.9 Å². The Morgan fingerprint density at radius 3 is 2.41 bits per heavy atom. The first kappa shape index (κ1) is 26.9. The summed E-state index contributed by atoms with van der Waals surface area (Å²) in [5, 5.41) is 31.2. The number of ether oxygens (including phenoxy) is 2. The Hall–Kier alpha value is -3.13. The molecule has 0 unspecified atom stereocenters. The number of benzene rings is 1. The van der Waals surface area contributed by atoms with Crippen molar-refractivity contribution in [3.8, 4) is 11.5 Å². The van der Waals surface area contributed by atoms with E-state index < -0.39 is 40.3 Å². The fourth-order valence-corrected chi connectivity index (χ4v) is 7.23. The zero-order valence-electron chi connectivity index (χ0n) is 22.3. The monoisotopic (exact) mass is 512 g/mol. The van der Waals surface area contributed by atoms with Gasteiger partial charge in [-0.3, -0.25) is 9.59 Å². The predicted octanol–water partition coefficient (Wildman–Crippen LogP) is 4.49. The lowest BCUT2D eigenvalue weighted by Crippen LogP contribution is -2.52. The van der Waals surface area contributed by atoms with Crippen molar-refractivity contribution in [2.24, 2.45) is 22.7 Å². The van der Waals surface area contributed by atoms with Crippen LogP contribution in [0.5, 0.6) is 11.5 Å². The molecule has 4 rings (SSSR count). The second-order valence-electron chi connectivity index (χ2n) is 11.7. The van der Waals surface area contributed by atoms with E-state index in [2.05, 4.69) is 6.58 Å². The van der Waals surface area contributed by atoms with Crippen LogP contribution in [-0.2, 0) is 25.5 Å². The minimum atomic E-state index is -1.29. The summed E-state index contributed by atoms with van der Waals surface area (Å²) < 4.78 is 11.9. The van der Waals surface area contributed by atoms with Crippen molar-refractivity contribution in [2.75, 3.05) is 7.11 Å². The van der Waals surface area contributed by atoms with E-state index in [0.29, 0.717) is 24.8 Å². The maximum Gasteiger partial charge on any atom is 0.343 e. The maximum atomic E-state index is 13.5. The molecule has 6 atom stereocenters. The SMILES string of the molecule is C=C1C(=O)[C@H](OC(=O)c2c(C)cc(O)c(CC=C(C)C)c2O)[C@]2(OC)C[C@H]3C[C@](C)(C(=O)O)C[C@H]3[C@]12C. The van der Waals surface area contributed by atoms with Gasteiger partial charge in [0.05, 0.1) is 5.41 Å². The molecule has 1 aromatic carbocycles. The molecule has 3 aliphatic rings. The highest BCUT2D eigenvalue weighted by Gasteiger charge is 2.76. The molecule has 200 valence electrons. The van der Waals surface area contributed by atoms with E-state index in [0.717, 1.165) is 5.57 Å². The van der Waals surface area contributed by atoms with Gasteiger partial charge in [-0.1, -0.05) is 25.2 Å². The molecule has 0 heterocycles. The molecule has 0 aliphatic heterocycles. The van der Waals surface area contributed by atoms with Crippen LogP contribution in [0.15, 0.2) is 29.9 Å². The summed E-state index contributed by atoms with van der Waals surface area (Å²) in [4.78, 5) is 39.0. The quantitative estimate of drug-likeness (QED) is 0.289. The highest BCUT2D eigenvalue weighted by molar-refractivity contribution is 6.07. The number of allylic oxidation sites excluding steroid dienone is 2. The number of rotatable bonds is 6. The van der Waals surface area contributed by atoms with Crippen LogP contribution in [0.3, 0.4) is 0 Å². The Kier molecular flexibility index (Phi) is 6.35. The molecule has 8 nitrogen and oxygen atoms in total. The number of fused-ring (bicyclic) bond motifs is 3. The van der Waals surface area contributed by atoms with Gasteiger partial charge in [0, 0.05) is 23.7 Å². The number of carbonyl (C=O) groups excluding carboxylic acids is 2. The van der Waals surface area contributed by atoms with Crippen molar-refractivity contribution >= 4 is 17.7 Å². The molecule has 0 aromatic heterocycles. The number of carbonyl (C=O) groups is 3. The van der Waals surface area contributed by atoms with E-state index in [1.54, 1.807) is 13.8 Å². The molecule has 3 saturated carbocycles. The molecule has 1 aromatic rings. The van der Waals surface area contributed by atoms with Crippen molar-refractivity contribution < 1.29 is 39.2 Å². The number of hydrogen-bond donors (Lipinski definition) is 3. The van der Waals surface area contributed by atoms with Crippen LogP contribution in [0.1, 0.15) is 68.4 Å².